The number of methoxy groups -OCH3 is 2. The fraction of sp³-hybridized carbons (Fsp3) is 0.600. The van der Waals surface area contributed by atoms with Gasteiger partial charge in [0.05, 0.1) is 6.10 Å². The van der Waals surface area contributed by atoms with Crippen LogP contribution in [0.25, 0.3) is 0 Å². The average Bonchev–Trinajstić information content (AvgIpc) is 2.74. The van der Waals surface area contributed by atoms with Crippen LogP contribution in [0, 0.1) is 0 Å². The second-order valence-corrected chi connectivity index (χ2v) is 3.37. The number of hydrogen-bond acceptors (Lipinski definition) is 5. The maximum atomic E-state index is 11.6. The summed E-state index contributed by atoms with van der Waals surface area (Å²) in [5.74, 6) is 0.238. The predicted octanol–water partition coefficient (Wildman–Crippen LogP) is 0.586. The minimum absolute atomic E-state index is 0.0331. The number of ether oxygens (including phenoxy) is 2. The van der Waals surface area contributed by atoms with Crippen LogP contribution < -0.4 is 5.32 Å². The molecule has 1 aromatic heterocycles. The summed E-state index contributed by atoms with van der Waals surface area (Å²) < 4.78 is 14.7. The van der Waals surface area contributed by atoms with E-state index < -0.39 is 0 Å². The smallest absolute Gasteiger partial charge is 0.273 e. The Morgan fingerprint density at radius 2 is 2.38 bits per heavy atom. The summed E-state index contributed by atoms with van der Waals surface area (Å²) in [4.78, 5) is 11.6. The van der Waals surface area contributed by atoms with Crippen molar-refractivity contribution in [3.8, 4) is 0 Å². The summed E-state index contributed by atoms with van der Waals surface area (Å²) in [7, 11) is 3.13. The van der Waals surface area contributed by atoms with E-state index in [4.69, 9.17) is 14.0 Å². The third-order valence-corrected chi connectivity index (χ3v) is 2.03. The number of rotatable bonds is 6. The van der Waals surface area contributed by atoms with Gasteiger partial charge in [-0.05, 0) is 6.92 Å². The lowest BCUT2D eigenvalue weighted by Crippen LogP contribution is -2.31. The van der Waals surface area contributed by atoms with Gasteiger partial charge in [-0.2, -0.15) is 0 Å². The van der Waals surface area contributed by atoms with E-state index in [1.807, 2.05) is 6.92 Å². The Hall–Kier alpha value is -1.40. The molecule has 6 nitrogen and oxygen atoms in total. The molecule has 16 heavy (non-hydrogen) atoms. The van der Waals surface area contributed by atoms with E-state index in [9.17, 15) is 4.79 Å². The van der Waals surface area contributed by atoms with Crippen molar-refractivity contribution < 1.29 is 18.8 Å². The van der Waals surface area contributed by atoms with Crippen LogP contribution in [-0.4, -0.2) is 37.9 Å². The fourth-order valence-electron chi connectivity index (χ4n) is 1.04. The van der Waals surface area contributed by atoms with Crippen LogP contribution in [0.1, 0.15) is 23.2 Å². The molecule has 1 unspecified atom stereocenters. The van der Waals surface area contributed by atoms with Crippen LogP contribution in [0.4, 0.5) is 0 Å². The third kappa shape index (κ3) is 3.63. The number of carbonyl (C=O) groups is 1. The molecule has 0 aliphatic heterocycles. The molecule has 0 aliphatic rings. The zero-order chi connectivity index (χ0) is 12.0. The summed E-state index contributed by atoms with van der Waals surface area (Å²) in [6.07, 6.45) is -0.0331. The van der Waals surface area contributed by atoms with Gasteiger partial charge in [0.25, 0.3) is 5.91 Å². The van der Waals surface area contributed by atoms with E-state index in [-0.39, 0.29) is 17.7 Å². The molecular formula is C10H16N2O4. The molecule has 1 atom stereocenters. The fourth-order valence-corrected chi connectivity index (χ4v) is 1.04. The monoisotopic (exact) mass is 228 g/mol. The second kappa shape index (κ2) is 6.24. The van der Waals surface area contributed by atoms with Gasteiger partial charge in [0, 0.05) is 26.8 Å². The van der Waals surface area contributed by atoms with E-state index in [0.717, 1.165) is 0 Å². The van der Waals surface area contributed by atoms with Crippen molar-refractivity contribution >= 4 is 5.91 Å². The van der Waals surface area contributed by atoms with E-state index in [2.05, 4.69) is 10.5 Å². The standard InChI is InChI=1S/C10H16N2O4/c1-7(15-3)5-11-10(13)9-4-8(6-14-2)16-12-9/h4,7H,5-6H2,1-3H3,(H,11,13). The van der Waals surface area contributed by atoms with E-state index in [1.165, 1.54) is 0 Å². The third-order valence-electron chi connectivity index (χ3n) is 2.03. The highest BCUT2D eigenvalue weighted by molar-refractivity contribution is 5.92. The minimum Gasteiger partial charge on any atom is -0.380 e. The Morgan fingerprint density at radius 3 is 3.00 bits per heavy atom. The first-order valence-electron chi connectivity index (χ1n) is 4.93. The summed E-state index contributed by atoms with van der Waals surface area (Å²) in [6.45, 7) is 2.59. The Bertz CT molecular complexity index is 337. The Kier molecular flexibility index (Phi) is 4.94. The van der Waals surface area contributed by atoms with Crippen LogP contribution in [0.5, 0.6) is 0 Å². The zero-order valence-corrected chi connectivity index (χ0v) is 9.65. The summed E-state index contributed by atoms with van der Waals surface area (Å²) in [5, 5.41) is 6.31. The molecule has 0 aliphatic carbocycles. The number of amides is 1. The molecule has 0 radical (unpaired) electrons. The molecule has 0 fully saturated rings. The lowest BCUT2D eigenvalue weighted by atomic mass is 10.3. The number of carbonyl (C=O) groups excluding carboxylic acids is 1. The number of nitrogens with zero attached hydrogens (tertiary/aromatic N) is 1. The van der Waals surface area contributed by atoms with Gasteiger partial charge < -0.3 is 19.3 Å². The van der Waals surface area contributed by atoms with E-state index in [1.54, 1.807) is 20.3 Å². The molecule has 1 aromatic rings. The molecule has 1 heterocycles. The Balaban J connectivity index is 2.46. The first-order valence-corrected chi connectivity index (χ1v) is 4.93. The van der Waals surface area contributed by atoms with Crippen LogP contribution in [0.3, 0.4) is 0 Å². The van der Waals surface area contributed by atoms with Crippen molar-refractivity contribution in [1.82, 2.24) is 10.5 Å². The van der Waals surface area contributed by atoms with Gasteiger partial charge in [-0.25, -0.2) is 0 Å². The lowest BCUT2D eigenvalue weighted by molar-refractivity contribution is 0.0862. The summed E-state index contributed by atoms with van der Waals surface area (Å²) in [6, 6.07) is 1.55. The van der Waals surface area contributed by atoms with Crippen molar-refractivity contribution in [3.63, 3.8) is 0 Å². The zero-order valence-electron chi connectivity index (χ0n) is 9.65. The van der Waals surface area contributed by atoms with Gasteiger partial charge in [-0.3, -0.25) is 4.79 Å². The van der Waals surface area contributed by atoms with Crippen molar-refractivity contribution in [2.75, 3.05) is 20.8 Å². The van der Waals surface area contributed by atoms with Gasteiger partial charge >= 0.3 is 0 Å². The van der Waals surface area contributed by atoms with Gasteiger partial charge in [0.2, 0.25) is 0 Å². The van der Waals surface area contributed by atoms with Crippen molar-refractivity contribution in [2.24, 2.45) is 0 Å². The van der Waals surface area contributed by atoms with Gasteiger partial charge in [0.15, 0.2) is 11.5 Å². The van der Waals surface area contributed by atoms with Crippen molar-refractivity contribution in [2.45, 2.75) is 19.6 Å². The van der Waals surface area contributed by atoms with Crippen LogP contribution in [0.15, 0.2) is 10.6 Å². The van der Waals surface area contributed by atoms with Crippen LogP contribution in [-0.2, 0) is 16.1 Å². The molecule has 90 valence electrons. The maximum absolute atomic E-state index is 11.6. The number of aromatic nitrogens is 1. The molecule has 0 aromatic carbocycles. The van der Waals surface area contributed by atoms with Crippen molar-refractivity contribution in [3.05, 3.63) is 17.5 Å². The lowest BCUT2D eigenvalue weighted by Gasteiger charge is -2.08. The Labute approximate surface area is 93.9 Å². The normalized spacial score (nSPS) is 12.4. The molecular weight excluding hydrogens is 212 g/mol. The molecule has 1 rings (SSSR count). The summed E-state index contributed by atoms with van der Waals surface area (Å²) >= 11 is 0. The van der Waals surface area contributed by atoms with Crippen LogP contribution >= 0.6 is 0 Å². The molecule has 1 amide bonds. The summed E-state index contributed by atoms with van der Waals surface area (Å²) in [5.41, 5.74) is 0.246. The van der Waals surface area contributed by atoms with Crippen molar-refractivity contribution in [1.29, 1.82) is 0 Å². The SMILES string of the molecule is COCc1cc(C(=O)NCC(C)OC)no1. The van der Waals surface area contributed by atoms with Gasteiger partial charge in [-0.1, -0.05) is 5.16 Å². The average molecular weight is 228 g/mol. The molecule has 0 saturated heterocycles. The largest absolute Gasteiger partial charge is 0.380 e. The van der Waals surface area contributed by atoms with E-state index in [0.29, 0.717) is 18.9 Å². The van der Waals surface area contributed by atoms with Crippen LogP contribution in [0.2, 0.25) is 0 Å². The highest BCUT2D eigenvalue weighted by atomic mass is 16.5. The van der Waals surface area contributed by atoms with Gasteiger partial charge in [0.1, 0.15) is 6.61 Å². The molecule has 1 N–H and O–H groups in total. The molecule has 0 bridgehead atoms. The number of hydrogen-bond donors (Lipinski definition) is 1. The first kappa shape index (κ1) is 12.7. The highest BCUT2D eigenvalue weighted by Gasteiger charge is 2.12. The minimum atomic E-state index is -0.282. The quantitative estimate of drug-likeness (QED) is 0.771. The topological polar surface area (TPSA) is 73.6 Å². The molecule has 0 saturated carbocycles. The maximum Gasteiger partial charge on any atom is 0.273 e. The molecule has 6 heteroatoms. The van der Waals surface area contributed by atoms with Gasteiger partial charge in [-0.15, -0.1) is 0 Å². The predicted molar refractivity (Wildman–Crippen MR) is 56.0 cm³/mol. The second-order valence-electron chi connectivity index (χ2n) is 3.37. The molecule has 0 spiro atoms. The van der Waals surface area contributed by atoms with E-state index >= 15 is 0 Å². The highest BCUT2D eigenvalue weighted by Crippen LogP contribution is 2.04. The Morgan fingerprint density at radius 1 is 1.62 bits per heavy atom. The first-order chi connectivity index (χ1) is 7.67. The number of nitrogens with one attached hydrogen (secondary N) is 1.